The van der Waals surface area contributed by atoms with E-state index >= 15 is 0 Å². The summed E-state index contributed by atoms with van der Waals surface area (Å²) >= 11 is 0. The van der Waals surface area contributed by atoms with Gasteiger partial charge in [-0.3, -0.25) is 0 Å². The van der Waals surface area contributed by atoms with Crippen molar-refractivity contribution in [3.05, 3.63) is 35.0 Å². The molecule has 2 rings (SSSR count). The van der Waals surface area contributed by atoms with E-state index in [0.29, 0.717) is 11.6 Å². The molecule has 0 aliphatic carbocycles. The largest absolute Gasteiger partial charge is 0.437 e. The standard InChI is InChI=1S/C16H23N3O/c1-10-9-12(16(3,4)5)7-8-13(10)20-15-14(17)11(2)18-19(15)6/h7-9H,17H2,1-6H3. The number of nitrogens with zero attached hydrogens (tertiary/aromatic N) is 2. The predicted molar refractivity (Wildman–Crippen MR) is 82.3 cm³/mol. The van der Waals surface area contributed by atoms with E-state index in [1.165, 1.54) is 5.56 Å². The summed E-state index contributed by atoms with van der Waals surface area (Å²) in [6.45, 7) is 10.5. The van der Waals surface area contributed by atoms with Crippen molar-refractivity contribution in [2.45, 2.75) is 40.0 Å². The Morgan fingerprint density at radius 3 is 2.30 bits per heavy atom. The monoisotopic (exact) mass is 273 g/mol. The molecule has 4 heteroatoms. The van der Waals surface area contributed by atoms with Crippen LogP contribution >= 0.6 is 0 Å². The Hall–Kier alpha value is -1.97. The second kappa shape index (κ2) is 4.85. The first kappa shape index (κ1) is 14.4. The molecule has 4 nitrogen and oxygen atoms in total. The molecule has 0 radical (unpaired) electrons. The fourth-order valence-electron chi connectivity index (χ4n) is 2.11. The van der Waals surface area contributed by atoms with Gasteiger partial charge in [-0.25, -0.2) is 4.68 Å². The van der Waals surface area contributed by atoms with Crippen molar-refractivity contribution in [3.63, 3.8) is 0 Å². The summed E-state index contributed by atoms with van der Waals surface area (Å²) in [5.74, 6) is 1.40. The second-order valence-corrected chi connectivity index (χ2v) is 6.26. The first-order valence-corrected chi connectivity index (χ1v) is 6.78. The van der Waals surface area contributed by atoms with Crippen LogP contribution in [0.5, 0.6) is 11.6 Å². The zero-order valence-electron chi connectivity index (χ0n) is 13.1. The molecule has 0 spiro atoms. The van der Waals surface area contributed by atoms with Crippen molar-refractivity contribution in [3.8, 4) is 11.6 Å². The SMILES string of the molecule is Cc1cc(C(C)(C)C)ccc1Oc1c(N)c(C)nn1C. The minimum Gasteiger partial charge on any atom is -0.437 e. The van der Waals surface area contributed by atoms with Gasteiger partial charge < -0.3 is 10.5 Å². The van der Waals surface area contributed by atoms with Gasteiger partial charge in [-0.15, -0.1) is 0 Å². The van der Waals surface area contributed by atoms with E-state index in [4.69, 9.17) is 10.5 Å². The Kier molecular flexibility index (Phi) is 3.50. The zero-order chi connectivity index (χ0) is 15.1. The van der Waals surface area contributed by atoms with Crippen LogP contribution in [-0.2, 0) is 12.5 Å². The molecule has 2 aromatic rings. The number of nitrogens with two attached hydrogens (primary N) is 1. The summed E-state index contributed by atoms with van der Waals surface area (Å²) < 4.78 is 7.60. The highest BCUT2D eigenvalue weighted by Gasteiger charge is 2.17. The van der Waals surface area contributed by atoms with Gasteiger partial charge in [0.1, 0.15) is 11.4 Å². The summed E-state index contributed by atoms with van der Waals surface area (Å²) in [5.41, 5.74) is 9.88. The molecular weight excluding hydrogens is 250 g/mol. The average molecular weight is 273 g/mol. The van der Waals surface area contributed by atoms with Crippen molar-refractivity contribution in [2.75, 3.05) is 5.73 Å². The van der Waals surface area contributed by atoms with Crippen molar-refractivity contribution in [2.24, 2.45) is 7.05 Å². The van der Waals surface area contributed by atoms with Crippen LogP contribution in [0.1, 0.15) is 37.6 Å². The van der Waals surface area contributed by atoms with Gasteiger partial charge in [0, 0.05) is 7.05 Å². The lowest BCUT2D eigenvalue weighted by Crippen LogP contribution is -2.11. The lowest BCUT2D eigenvalue weighted by Gasteiger charge is -2.20. The van der Waals surface area contributed by atoms with E-state index in [1.807, 2.05) is 27.0 Å². The van der Waals surface area contributed by atoms with E-state index in [2.05, 4.69) is 38.0 Å². The smallest absolute Gasteiger partial charge is 0.241 e. The lowest BCUT2D eigenvalue weighted by molar-refractivity contribution is 0.429. The quantitative estimate of drug-likeness (QED) is 0.907. The zero-order valence-corrected chi connectivity index (χ0v) is 13.1. The number of hydrogen-bond acceptors (Lipinski definition) is 3. The van der Waals surface area contributed by atoms with Crippen LogP contribution in [0.25, 0.3) is 0 Å². The Morgan fingerprint density at radius 2 is 1.85 bits per heavy atom. The predicted octanol–water partition coefficient (Wildman–Crippen LogP) is 3.71. The lowest BCUT2D eigenvalue weighted by atomic mass is 9.86. The molecule has 0 amide bonds. The van der Waals surface area contributed by atoms with Crippen molar-refractivity contribution in [1.29, 1.82) is 0 Å². The van der Waals surface area contributed by atoms with Crippen molar-refractivity contribution in [1.82, 2.24) is 9.78 Å². The number of hydrogen-bond donors (Lipinski definition) is 1. The Bertz CT molecular complexity index is 636. The Balaban J connectivity index is 2.35. The van der Waals surface area contributed by atoms with Gasteiger partial charge in [0.2, 0.25) is 5.88 Å². The van der Waals surface area contributed by atoms with Gasteiger partial charge in [0.05, 0.1) is 5.69 Å². The van der Waals surface area contributed by atoms with Gasteiger partial charge in [-0.2, -0.15) is 5.10 Å². The minimum absolute atomic E-state index is 0.130. The fourth-order valence-corrected chi connectivity index (χ4v) is 2.11. The fraction of sp³-hybridized carbons (Fsp3) is 0.438. The molecular formula is C16H23N3O. The average Bonchev–Trinajstić information content (AvgIpc) is 2.57. The van der Waals surface area contributed by atoms with Crippen LogP contribution in [-0.4, -0.2) is 9.78 Å². The van der Waals surface area contributed by atoms with E-state index in [1.54, 1.807) is 4.68 Å². The maximum Gasteiger partial charge on any atom is 0.241 e. The minimum atomic E-state index is 0.130. The van der Waals surface area contributed by atoms with E-state index in [9.17, 15) is 0 Å². The molecule has 0 saturated heterocycles. The van der Waals surface area contributed by atoms with Gasteiger partial charge in [0.25, 0.3) is 0 Å². The van der Waals surface area contributed by atoms with Crippen molar-refractivity contribution < 1.29 is 4.74 Å². The van der Waals surface area contributed by atoms with E-state index in [0.717, 1.165) is 17.0 Å². The molecule has 0 unspecified atom stereocenters. The number of anilines is 1. The first-order valence-electron chi connectivity index (χ1n) is 6.78. The van der Waals surface area contributed by atoms with Gasteiger partial charge in [0.15, 0.2) is 0 Å². The molecule has 108 valence electrons. The van der Waals surface area contributed by atoms with Gasteiger partial charge >= 0.3 is 0 Å². The summed E-state index contributed by atoms with van der Waals surface area (Å²) in [5, 5.41) is 4.26. The third kappa shape index (κ3) is 2.64. The summed E-state index contributed by atoms with van der Waals surface area (Å²) in [7, 11) is 1.83. The molecule has 0 fully saturated rings. The normalized spacial score (nSPS) is 11.7. The highest BCUT2D eigenvalue weighted by molar-refractivity contribution is 5.54. The summed E-state index contributed by atoms with van der Waals surface area (Å²) in [4.78, 5) is 0. The maximum atomic E-state index is 5.99. The number of benzene rings is 1. The number of aromatic nitrogens is 2. The number of rotatable bonds is 2. The molecule has 1 heterocycles. The summed E-state index contributed by atoms with van der Waals surface area (Å²) in [6.07, 6.45) is 0. The molecule has 0 aliphatic rings. The molecule has 20 heavy (non-hydrogen) atoms. The molecule has 0 bridgehead atoms. The van der Waals surface area contributed by atoms with Gasteiger partial charge in [-0.05, 0) is 36.5 Å². The Labute approximate surface area is 120 Å². The van der Waals surface area contributed by atoms with Gasteiger partial charge in [-0.1, -0.05) is 32.9 Å². The third-order valence-electron chi connectivity index (χ3n) is 3.46. The summed E-state index contributed by atoms with van der Waals surface area (Å²) in [6, 6.07) is 6.26. The molecule has 0 saturated carbocycles. The van der Waals surface area contributed by atoms with Crippen LogP contribution in [0, 0.1) is 13.8 Å². The topological polar surface area (TPSA) is 53.1 Å². The maximum absolute atomic E-state index is 5.99. The van der Waals surface area contributed by atoms with E-state index < -0.39 is 0 Å². The molecule has 0 atom stereocenters. The second-order valence-electron chi connectivity index (χ2n) is 6.26. The molecule has 0 aliphatic heterocycles. The van der Waals surface area contributed by atoms with Crippen LogP contribution in [0.2, 0.25) is 0 Å². The van der Waals surface area contributed by atoms with Crippen LogP contribution in [0.4, 0.5) is 5.69 Å². The number of aryl methyl sites for hydroxylation is 3. The van der Waals surface area contributed by atoms with Crippen molar-refractivity contribution >= 4 is 5.69 Å². The first-order chi connectivity index (χ1) is 9.20. The molecule has 2 N–H and O–H groups in total. The molecule has 1 aromatic carbocycles. The Morgan fingerprint density at radius 1 is 1.20 bits per heavy atom. The number of nitrogen functional groups attached to an aromatic ring is 1. The van der Waals surface area contributed by atoms with Crippen LogP contribution in [0.15, 0.2) is 18.2 Å². The third-order valence-corrected chi connectivity index (χ3v) is 3.46. The highest BCUT2D eigenvalue weighted by atomic mass is 16.5. The van der Waals surface area contributed by atoms with E-state index in [-0.39, 0.29) is 5.41 Å². The van der Waals surface area contributed by atoms with Crippen LogP contribution in [0.3, 0.4) is 0 Å². The number of ether oxygens (including phenoxy) is 1. The molecule has 1 aromatic heterocycles. The highest BCUT2D eigenvalue weighted by Crippen LogP contribution is 2.33. The van der Waals surface area contributed by atoms with Crippen LogP contribution < -0.4 is 10.5 Å².